The maximum atomic E-state index is 6.12. The van der Waals surface area contributed by atoms with Crippen LogP contribution in [-0.2, 0) is 4.74 Å². The van der Waals surface area contributed by atoms with Gasteiger partial charge < -0.3 is 14.8 Å². The van der Waals surface area contributed by atoms with Gasteiger partial charge in [0.15, 0.2) is 0 Å². The fourth-order valence-corrected chi connectivity index (χ4v) is 2.84. The molecule has 1 aliphatic rings. The van der Waals surface area contributed by atoms with Crippen LogP contribution in [0.3, 0.4) is 0 Å². The molecule has 112 valence electrons. The van der Waals surface area contributed by atoms with Crippen molar-refractivity contribution in [2.24, 2.45) is 0 Å². The van der Waals surface area contributed by atoms with Crippen LogP contribution < -0.4 is 10.1 Å². The van der Waals surface area contributed by atoms with Crippen molar-refractivity contribution >= 4 is 0 Å². The number of rotatable bonds is 7. The molecule has 3 nitrogen and oxygen atoms in total. The van der Waals surface area contributed by atoms with Gasteiger partial charge in [0.1, 0.15) is 5.75 Å². The van der Waals surface area contributed by atoms with Gasteiger partial charge in [-0.15, -0.1) is 0 Å². The Bertz CT molecular complexity index is 388. The number of hydrogen-bond donors (Lipinski definition) is 1. The van der Waals surface area contributed by atoms with Crippen LogP contribution in [-0.4, -0.2) is 26.4 Å². The molecule has 0 amide bonds. The van der Waals surface area contributed by atoms with Crippen molar-refractivity contribution in [2.75, 3.05) is 20.3 Å². The van der Waals surface area contributed by atoms with Gasteiger partial charge >= 0.3 is 0 Å². The first-order chi connectivity index (χ1) is 9.83. The standard InChI is InChI=1S/C17H27NO2/c1-3-18-17(13-20-15-9-5-4-6-10-15)14-8-7-11-16(12-14)19-2/h7-8,11-12,15,17-18H,3-6,9-10,13H2,1-2H3. The van der Waals surface area contributed by atoms with E-state index in [9.17, 15) is 0 Å². The predicted molar refractivity (Wildman–Crippen MR) is 82.2 cm³/mol. The maximum Gasteiger partial charge on any atom is 0.119 e. The normalized spacial score (nSPS) is 17.9. The van der Waals surface area contributed by atoms with E-state index in [2.05, 4.69) is 24.4 Å². The lowest BCUT2D eigenvalue weighted by atomic mass is 9.97. The van der Waals surface area contributed by atoms with Crippen LogP contribution in [0.4, 0.5) is 0 Å². The molecule has 3 heteroatoms. The number of ether oxygens (including phenoxy) is 2. The van der Waals surface area contributed by atoms with Crippen LogP contribution >= 0.6 is 0 Å². The zero-order valence-corrected chi connectivity index (χ0v) is 12.7. The highest BCUT2D eigenvalue weighted by atomic mass is 16.5. The van der Waals surface area contributed by atoms with Gasteiger partial charge in [0.25, 0.3) is 0 Å². The minimum atomic E-state index is 0.247. The predicted octanol–water partition coefficient (Wildman–Crippen LogP) is 3.70. The second kappa shape index (κ2) is 8.28. The summed E-state index contributed by atoms with van der Waals surface area (Å²) in [6.45, 7) is 3.81. The van der Waals surface area contributed by atoms with Crippen molar-refractivity contribution < 1.29 is 9.47 Å². The van der Waals surface area contributed by atoms with E-state index in [-0.39, 0.29) is 6.04 Å². The van der Waals surface area contributed by atoms with E-state index in [1.807, 2.05) is 12.1 Å². The smallest absolute Gasteiger partial charge is 0.119 e. The summed E-state index contributed by atoms with van der Waals surface area (Å²) < 4.78 is 11.4. The van der Waals surface area contributed by atoms with Gasteiger partial charge in [-0.25, -0.2) is 0 Å². The van der Waals surface area contributed by atoms with E-state index in [4.69, 9.17) is 9.47 Å². The van der Waals surface area contributed by atoms with Gasteiger partial charge in [0.2, 0.25) is 0 Å². The van der Waals surface area contributed by atoms with E-state index in [1.54, 1.807) is 7.11 Å². The van der Waals surface area contributed by atoms with Gasteiger partial charge in [0, 0.05) is 0 Å². The first-order valence-corrected chi connectivity index (χ1v) is 7.82. The quantitative estimate of drug-likeness (QED) is 0.824. The Hall–Kier alpha value is -1.06. The monoisotopic (exact) mass is 277 g/mol. The molecule has 0 saturated heterocycles. The first kappa shape index (κ1) is 15.3. The number of benzene rings is 1. The molecular formula is C17H27NO2. The molecule has 1 fully saturated rings. The van der Waals surface area contributed by atoms with E-state index >= 15 is 0 Å². The number of nitrogens with one attached hydrogen (secondary N) is 1. The fraction of sp³-hybridized carbons (Fsp3) is 0.647. The average molecular weight is 277 g/mol. The van der Waals surface area contributed by atoms with Gasteiger partial charge in [-0.2, -0.15) is 0 Å². The Kier molecular flexibility index (Phi) is 6.34. The molecular weight excluding hydrogens is 250 g/mol. The second-order valence-electron chi connectivity index (χ2n) is 5.48. The Morgan fingerprint density at radius 2 is 2.05 bits per heavy atom. The largest absolute Gasteiger partial charge is 0.497 e. The molecule has 0 spiro atoms. The molecule has 1 N–H and O–H groups in total. The third-order valence-electron chi connectivity index (χ3n) is 4.00. The topological polar surface area (TPSA) is 30.5 Å². The van der Waals surface area contributed by atoms with Gasteiger partial charge in [-0.05, 0) is 37.1 Å². The zero-order chi connectivity index (χ0) is 14.2. The van der Waals surface area contributed by atoms with Crippen molar-refractivity contribution in [3.63, 3.8) is 0 Å². The van der Waals surface area contributed by atoms with E-state index in [0.717, 1.165) is 18.9 Å². The lowest BCUT2D eigenvalue weighted by Crippen LogP contribution is -2.28. The molecule has 20 heavy (non-hydrogen) atoms. The zero-order valence-electron chi connectivity index (χ0n) is 12.7. The SMILES string of the molecule is CCNC(COC1CCCCC1)c1cccc(OC)c1. The van der Waals surface area contributed by atoms with E-state index in [1.165, 1.54) is 37.7 Å². The van der Waals surface area contributed by atoms with Crippen LogP contribution in [0.5, 0.6) is 5.75 Å². The van der Waals surface area contributed by atoms with Crippen molar-refractivity contribution in [2.45, 2.75) is 51.2 Å². The molecule has 2 rings (SSSR count). The van der Waals surface area contributed by atoms with Crippen LogP contribution in [0, 0.1) is 0 Å². The minimum absolute atomic E-state index is 0.247. The highest BCUT2D eigenvalue weighted by molar-refractivity contribution is 5.30. The second-order valence-corrected chi connectivity index (χ2v) is 5.48. The summed E-state index contributed by atoms with van der Waals surface area (Å²) in [5.41, 5.74) is 1.24. The van der Waals surface area contributed by atoms with E-state index < -0.39 is 0 Å². The summed E-state index contributed by atoms with van der Waals surface area (Å²) in [6.07, 6.45) is 6.89. The maximum absolute atomic E-state index is 6.12. The molecule has 0 aromatic heterocycles. The van der Waals surface area contributed by atoms with Crippen LogP contribution in [0.2, 0.25) is 0 Å². The summed E-state index contributed by atoms with van der Waals surface area (Å²) in [5, 5.41) is 3.51. The molecule has 1 atom stereocenters. The van der Waals surface area contributed by atoms with Gasteiger partial charge in [-0.3, -0.25) is 0 Å². The molecule has 0 heterocycles. The summed E-state index contributed by atoms with van der Waals surface area (Å²) in [5.74, 6) is 0.906. The molecule has 0 radical (unpaired) electrons. The van der Waals surface area contributed by atoms with Crippen molar-refractivity contribution in [3.05, 3.63) is 29.8 Å². The number of hydrogen-bond acceptors (Lipinski definition) is 3. The van der Waals surface area contributed by atoms with Crippen LogP contribution in [0.1, 0.15) is 50.6 Å². The highest BCUT2D eigenvalue weighted by Crippen LogP contribution is 2.24. The fourth-order valence-electron chi connectivity index (χ4n) is 2.84. The number of likely N-dealkylation sites (N-methyl/N-ethyl adjacent to an activating group) is 1. The molecule has 0 aliphatic heterocycles. The Morgan fingerprint density at radius 1 is 1.25 bits per heavy atom. The highest BCUT2D eigenvalue weighted by Gasteiger charge is 2.17. The van der Waals surface area contributed by atoms with Crippen molar-refractivity contribution in [3.8, 4) is 5.75 Å². The van der Waals surface area contributed by atoms with Crippen molar-refractivity contribution in [1.82, 2.24) is 5.32 Å². The molecule has 1 unspecified atom stereocenters. The number of methoxy groups -OCH3 is 1. The Morgan fingerprint density at radius 3 is 2.75 bits per heavy atom. The molecule has 1 saturated carbocycles. The Labute approximate surface area is 122 Å². The van der Waals surface area contributed by atoms with Gasteiger partial charge in [0.05, 0.1) is 25.9 Å². The Balaban J connectivity index is 1.94. The lowest BCUT2D eigenvalue weighted by molar-refractivity contribution is 0.0157. The molecule has 1 aliphatic carbocycles. The van der Waals surface area contributed by atoms with Gasteiger partial charge in [-0.1, -0.05) is 38.3 Å². The third kappa shape index (κ3) is 4.50. The summed E-state index contributed by atoms with van der Waals surface area (Å²) in [6, 6.07) is 8.50. The summed E-state index contributed by atoms with van der Waals surface area (Å²) in [7, 11) is 1.71. The lowest BCUT2D eigenvalue weighted by Gasteiger charge is -2.26. The van der Waals surface area contributed by atoms with Crippen LogP contribution in [0.15, 0.2) is 24.3 Å². The summed E-state index contributed by atoms with van der Waals surface area (Å²) >= 11 is 0. The summed E-state index contributed by atoms with van der Waals surface area (Å²) in [4.78, 5) is 0. The minimum Gasteiger partial charge on any atom is -0.497 e. The molecule has 1 aromatic carbocycles. The molecule has 0 bridgehead atoms. The van der Waals surface area contributed by atoms with E-state index in [0.29, 0.717) is 6.10 Å². The first-order valence-electron chi connectivity index (χ1n) is 7.82. The van der Waals surface area contributed by atoms with Crippen molar-refractivity contribution in [1.29, 1.82) is 0 Å². The third-order valence-corrected chi connectivity index (χ3v) is 4.00. The van der Waals surface area contributed by atoms with Crippen LogP contribution in [0.25, 0.3) is 0 Å². The average Bonchev–Trinajstić information content (AvgIpc) is 2.52. The molecule has 1 aromatic rings.